The molecule has 0 spiro atoms. The summed E-state index contributed by atoms with van der Waals surface area (Å²) in [7, 11) is 0. The van der Waals surface area contributed by atoms with Crippen molar-refractivity contribution in [2.24, 2.45) is 0 Å². The van der Waals surface area contributed by atoms with Gasteiger partial charge in [0.25, 0.3) is 0 Å². The summed E-state index contributed by atoms with van der Waals surface area (Å²) in [5.74, 6) is -2.81. The fourth-order valence-electron chi connectivity index (χ4n) is 0.940. The zero-order valence-electron chi connectivity index (χ0n) is 8.87. The van der Waals surface area contributed by atoms with Crippen molar-refractivity contribution < 1.29 is 36.9 Å². The van der Waals surface area contributed by atoms with Crippen LogP contribution >= 0.6 is 0 Å². The van der Waals surface area contributed by atoms with Crippen LogP contribution < -0.4 is 10.2 Å². The third-order valence-electron chi connectivity index (χ3n) is 1.67. The van der Waals surface area contributed by atoms with Gasteiger partial charge in [-0.3, -0.25) is 5.10 Å². The molecular formula is C10H7MnN3O4. The second-order valence-electron chi connectivity index (χ2n) is 2.81. The Hall–Kier alpha value is -2.18. The van der Waals surface area contributed by atoms with Crippen molar-refractivity contribution in [2.45, 2.75) is 0 Å². The number of benzene rings is 1. The van der Waals surface area contributed by atoms with E-state index in [4.69, 9.17) is 0 Å². The van der Waals surface area contributed by atoms with Crippen molar-refractivity contribution in [3.05, 3.63) is 48.0 Å². The van der Waals surface area contributed by atoms with Gasteiger partial charge in [0.1, 0.15) is 12.7 Å². The number of hydrogen-bond donors (Lipinski definition) is 1. The zero-order chi connectivity index (χ0) is 12.7. The molecule has 93 valence electrons. The number of nitrogens with zero attached hydrogens (tertiary/aromatic N) is 2. The van der Waals surface area contributed by atoms with Gasteiger partial charge in [0.2, 0.25) is 0 Å². The number of carbonyl (C=O) groups excluding carboxylic acids is 2. The van der Waals surface area contributed by atoms with Crippen molar-refractivity contribution in [1.82, 2.24) is 15.2 Å². The molecule has 1 aromatic carbocycles. The van der Waals surface area contributed by atoms with E-state index in [1.807, 2.05) is 0 Å². The Balaban J connectivity index is 0.000000405. The molecule has 8 heteroatoms. The van der Waals surface area contributed by atoms with E-state index in [1.165, 1.54) is 30.9 Å². The molecule has 1 radical (unpaired) electrons. The van der Waals surface area contributed by atoms with E-state index < -0.39 is 11.9 Å². The summed E-state index contributed by atoms with van der Waals surface area (Å²) >= 11 is 0. The minimum atomic E-state index is -1.40. The van der Waals surface area contributed by atoms with Crippen LogP contribution in [0.2, 0.25) is 0 Å². The molecule has 0 aliphatic heterocycles. The van der Waals surface area contributed by atoms with Gasteiger partial charge in [-0.15, -0.1) is 0 Å². The number of carboxylic acids is 2. The number of H-pyrrole nitrogens is 1. The molecule has 7 nitrogen and oxygen atoms in total. The van der Waals surface area contributed by atoms with Gasteiger partial charge in [0.05, 0.1) is 11.9 Å². The molecule has 0 aliphatic carbocycles. The van der Waals surface area contributed by atoms with Gasteiger partial charge in [-0.05, 0) is 17.2 Å². The molecule has 0 fully saturated rings. The van der Waals surface area contributed by atoms with Crippen LogP contribution in [0.1, 0.15) is 20.7 Å². The van der Waals surface area contributed by atoms with Crippen LogP contribution in [-0.2, 0) is 17.1 Å². The van der Waals surface area contributed by atoms with Gasteiger partial charge in [0, 0.05) is 0 Å². The maximum absolute atomic E-state index is 10.3. The SMILES string of the molecule is O=C([O-])c1cccc(C(=O)[O-])c1.[Mn+2].c1nc[nH]n1. The molecule has 18 heavy (non-hydrogen) atoms. The van der Waals surface area contributed by atoms with Gasteiger partial charge < -0.3 is 19.8 Å². The number of nitrogens with one attached hydrogen (secondary N) is 1. The maximum atomic E-state index is 10.3. The Labute approximate surface area is 112 Å². The summed E-state index contributed by atoms with van der Waals surface area (Å²) in [5, 5.41) is 26.5. The molecule has 0 saturated heterocycles. The van der Waals surface area contributed by atoms with Crippen molar-refractivity contribution in [1.29, 1.82) is 0 Å². The molecule has 0 bridgehead atoms. The quantitative estimate of drug-likeness (QED) is 0.652. The molecule has 0 aliphatic rings. The van der Waals surface area contributed by atoms with E-state index in [0.717, 1.165) is 6.07 Å². The first-order chi connectivity index (χ1) is 8.11. The Bertz CT molecular complexity index is 455. The average Bonchev–Trinajstić information content (AvgIpc) is 2.87. The molecule has 0 unspecified atom stereocenters. The van der Waals surface area contributed by atoms with Crippen molar-refractivity contribution in [3.8, 4) is 0 Å². The average molecular weight is 288 g/mol. The Kier molecular flexibility index (Phi) is 7.02. The first-order valence-corrected chi connectivity index (χ1v) is 4.42. The fourth-order valence-corrected chi connectivity index (χ4v) is 0.940. The summed E-state index contributed by atoms with van der Waals surface area (Å²) < 4.78 is 0. The van der Waals surface area contributed by atoms with Crippen molar-refractivity contribution in [3.63, 3.8) is 0 Å². The van der Waals surface area contributed by atoms with E-state index in [1.54, 1.807) is 0 Å². The molecular weight excluding hydrogens is 281 g/mol. The number of aromatic nitrogens is 3. The van der Waals surface area contributed by atoms with E-state index >= 15 is 0 Å². The van der Waals surface area contributed by atoms with E-state index in [0.29, 0.717) is 0 Å². The van der Waals surface area contributed by atoms with Crippen LogP contribution in [0, 0.1) is 0 Å². The van der Waals surface area contributed by atoms with Gasteiger partial charge in [-0.25, -0.2) is 4.98 Å². The monoisotopic (exact) mass is 288 g/mol. The largest absolute Gasteiger partial charge is 2.00 e. The predicted molar refractivity (Wildman–Crippen MR) is 51.5 cm³/mol. The van der Waals surface area contributed by atoms with Crippen molar-refractivity contribution >= 4 is 11.9 Å². The van der Waals surface area contributed by atoms with Gasteiger partial charge in [-0.2, -0.15) is 5.10 Å². The van der Waals surface area contributed by atoms with Crippen LogP contribution in [0.15, 0.2) is 36.9 Å². The third kappa shape index (κ3) is 5.24. The number of carbonyl (C=O) groups is 2. The molecule has 1 heterocycles. The fraction of sp³-hybridized carbons (Fsp3) is 0. The summed E-state index contributed by atoms with van der Waals surface area (Å²) in [5.41, 5.74) is -0.339. The van der Waals surface area contributed by atoms with Crippen LogP contribution in [0.25, 0.3) is 0 Å². The number of hydrogen-bond acceptors (Lipinski definition) is 6. The summed E-state index contributed by atoms with van der Waals surface area (Å²) in [6.45, 7) is 0. The van der Waals surface area contributed by atoms with Gasteiger partial charge in [-0.1, -0.05) is 18.2 Å². The molecule has 0 saturated carbocycles. The third-order valence-corrected chi connectivity index (χ3v) is 1.67. The summed E-state index contributed by atoms with van der Waals surface area (Å²) in [6.07, 6.45) is 2.96. The van der Waals surface area contributed by atoms with E-state index in [-0.39, 0.29) is 28.2 Å². The Morgan fingerprint density at radius 2 is 1.67 bits per heavy atom. The van der Waals surface area contributed by atoms with Crippen LogP contribution in [-0.4, -0.2) is 27.1 Å². The van der Waals surface area contributed by atoms with Gasteiger partial charge in [0.15, 0.2) is 0 Å². The molecule has 1 N–H and O–H groups in total. The van der Waals surface area contributed by atoms with Gasteiger partial charge >= 0.3 is 17.1 Å². The molecule has 0 amide bonds. The zero-order valence-corrected chi connectivity index (χ0v) is 10.0. The Morgan fingerprint density at radius 3 is 1.94 bits per heavy atom. The number of aromatic carboxylic acids is 2. The predicted octanol–water partition coefficient (Wildman–Crippen LogP) is -1.78. The smallest absolute Gasteiger partial charge is 0.545 e. The molecule has 2 aromatic rings. The summed E-state index contributed by atoms with van der Waals surface area (Å²) in [6, 6.07) is 4.81. The minimum Gasteiger partial charge on any atom is -0.545 e. The summed E-state index contributed by atoms with van der Waals surface area (Å²) in [4.78, 5) is 24.1. The normalized spacial score (nSPS) is 8.44. The van der Waals surface area contributed by atoms with E-state index in [9.17, 15) is 19.8 Å². The topological polar surface area (TPSA) is 122 Å². The number of carboxylic acid groups (broad SMARTS) is 2. The minimum absolute atomic E-state index is 0. The molecule has 1 aromatic heterocycles. The van der Waals surface area contributed by atoms with Crippen LogP contribution in [0.5, 0.6) is 0 Å². The first kappa shape index (κ1) is 15.8. The van der Waals surface area contributed by atoms with Crippen LogP contribution in [0.3, 0.4) is 0 Å². The first-order valence-electron chi connectivity index (χ1n) is 4.42. The molecule has 0 atom stereocenters. The second-order valence-corrected chi connectivity index (χ2v) is 2.81. The number of rotatable bonds is 2. The maximum Gasteiger partial charge on any atom is 2.00 e. The standard InChI is InChI=1S/C8H6O4.C2H3N3.Mn/c9-7(10)5-2-1-3-6(4-5)8(11)12;1-3-2-5-4-1;/h1-4H,(H,9,10)(H,11,12);1-2H,(H,3,4,5);/q;;+2/p-2. The van der Waals surface area contributed by atoms with E-state index in [2.05, 4.69) is 15.2 Å². The second kappa shape index (κ2) is 7.99. The van der Waals surface area contributed by atoms with Crippen LogP contribution in [0.4, 0.5) is 0 Å². The Morgan fingerprint density at radius 1 is 1.11 bits per heavy atom. The van der Waals surface area contributed by atoms with Crippen molar-refractivity contribution in [2.75, 3.05) is 0 Å². The molecule has 2 rings (SSSR count). The number of aromatic amines is 1.